The Kier molecular flexibility index (Phi) is 10.9. The summed E-state index contributed by atoms with van der Waals surface area (Å²) in [6, 6.07) is 17.6. The van der Waals surface area contributed by atoms with E-state index in [-0.39, 0.29) is 45.4 Å². The van der Waals surface area contributed by atoms with E-state index >= 15 is 38.4 Å². The quantitative estimate of drug-likeness (QED) is 0.0722. The van der Waals surface area contributed by atoms with Crippen molar-refractivity contribution in [1.82, 2.24) is 27.4 Å². The van der Waals surface area contributed by atoms with E-state index in [0.717, 1.165) is 43.6 Å². The maximum atomic E-state index is 15.9. The lowest BCUT2D eigenvalue weighted by Gasteiger charge is -2.24. The second-order valence-electron chi connectivity index (χ2n) is 24.6. The van der Waals surface area contributed by atoms with Gasteiger partial charge in [-0.2, -0.15) is 0 Å². The van der Waals surface area contributed by atoms with Crippen molar-refractivity contribution in [2.45, 2.75) is 158 Å². The molecule has 0 saturated carbocycles. The van der Waals surface area contributed by atoms with Crippen LogP contribution in [0.5, 0.6) is 0 Å². The van der Waals surface area contributed by atoms with Gasteiger partial charge in [0.2, 0.25) is 0 Å². The molecular formula is C72H64N6O8. The SMILES string of the molecule is CCC(CC)n1c(=O)c2ccc3c4c(-c5cc6c(=O)n(C(CC)CC)c(=O)c7cc8c9c(c5c5ccc%10c(=O)n(C(CC)CC)c(=O)c%11cc(c9c5c%10%11)n8CC)c67)cc5c(=O)n(C(CC)CC)c(=O)c6cc7c(c4c56)c4c3c2c(cc4n7CC)c1=O. The number of nitrogens with zero attached hydrogens (tertiary/aromatic N) is 6. The number of benzene rings is 10. The summed E-state index contributed by atoms with van der Waals surface area (Å²) >= 11 is 0. The topological polar surface area (TPSA) is 166 Å². The number of aryl methyl sites for hydroxylation is 2. The van der Waals surface area contributed by atoms with Crippen LogP contribution in [0.3, 0.4) is 0 Å². The number of pyridine rings is 4. The molecule has 0 fully saturated rings. The first-order valence-electron chi connectivity index (χ1n) is 31.4. The van der Waals surface area contributed by atoms with Crippen molar-refractivity contribution in [3.8, 4) is 11.1 Å². The van der Waals surface area contributed by atoms with Gasteiger partial charge in [0.05, 0.1) is 43.6 Å². The Morgan fingerprint density at radius 3 is 0.721 bits per heavy atom. The molecule has 0 aliphatic carbocycles. The van der Waals surface area contributed by atoms with Gasteiger partial charge in [-0.25, -0.2) is 0 Å². The Hall–Kier alpha value is -9.04. The first-order chi connectivity index (χ1) is 41.6. The number of hydrogen-bond donors (Lipinski definition) is 0. The smallest absolute Gasteiger partial charge is 0.261 e. The van der Waals surface area contributed by atoms with Gasteiger partial charge in [0.25, 0.3) is 44.5 Å². The van der Waals surface area contributed by atoms with E-state index in [1.54, 1.807) is 0 Å². The second kappa shape index (κ2) is 17.8. The van der Waals surface area contributed by atoms with Gasteiger partial charge in [-0.15, -0.1) is 0 Å². The molecule has 0 aliphatic rings. The Morgan fingerprint density at radius 1 is 0.244 bits per heavy atom. The van der Waals surface area contributed by atoms with Crippen LogP contribution >= 0.6 is 0 Å². The highest BCUT2D eigenvalue weighted by Gasteiger charge is 2.35. The van der Waals surface area contributed by atoms with Gasteiger partial charge in [-0.3, -0.25) is 56.6 Å². The van der Waals surface area contributed by atoms with Crippen LogP contribution in [0.4, 0.5) is 0 Å². The molecule has 14 nitrogen and oxygen atoms in total. The first-order valence-corrected chi connectivity index (χ1v) is 31.4. The Balaban J connectivity index is 1.24. The van der Waals surface area contributed by atoms with Gasteiger partial charge < -0.3 is 9.13 Å². The zero-order chi connectivity index (χ0) is 59.9. The molecule has 0 radical (unpaired) electrons. The fraction of sp³-hybridized carbons (Fsp3) is 0.333. The highest BCUT2D eigenvalue weighted by molar-refractivity contribution is 6.50. The van der Waals surface area contributed by atoms with E-state index < -0.39 is 23.2 Å². The van der Waals surface area contributed by atoms with Crippen molar-refractivity contribution in [3.05, 3.63) is 143 Å². The molecule has 0 N–H and O–H groups in total. The van der Waals surface area contributed by atoms with Crippen LogP contribution in [-0.4, -0.2) is 27.4 Å². The third kappa shape index (κ3) is 5.84. The normalized spacial score (nSPS) is 13.3. The molecule has 6 aromatic heterocycles. The van der Waals surface area contributed by atoms with Crippen LogP contribution in [0.25, 0.3) is 162 Å². The minimum Gasteiger partial charge on any atom is -0.341 e. The van der Waals surface area contributed by atoms with Crippen LogP contribution in [-0.2, 0) is 13.1 Å². The molecule has 0 saturated heterocycles. The summed E-state index contributed by atoms with van der Waals surface area (Å²) in [6.07, 6.45) is 4.42. The van der Waals surface area contributed by atoms with Crippen molar-refractivity contribution in [2.75, 3.05) is 0 Å². The molecule has 6 heterocycles. The Bertz CT molecular complexity index is 5750. The molecule has 16 rings (SSSR count). The van der Waals surface area contributed by atoms with Gasteiger partial charge in [-0.05, 0) is 146 Å². The van der Waals surface area contributed by atoms with E-state index in [1.165, 1.54) is 18.3 Å². The third-order valence-electron chi connectivity index (χ3n) is 21.2. The van der Waals surface area contributed by atoms with Gasteiger partial charge in [0.1, 0.15) is 0 Å². The summed E-state index contributed by atoms with van der Waals surface area (Å²) in [5.74, 6) is 0. The zero-order valence-electron chi connectivity index (χ0n) is 50.1. The maximum absolute atomic E-state index is 15.9. The van der Waals surface area contributed by atoms with Gasteiger partial charge in [0, 0.05) is 123 Å². The summed E-state index contributed by atoms with van der Waals surface area (Å²) in [6.45, 7) is 20.9. The number of fused-ring (bicyclic) bond motifs is 2. The molecule has 16 aromatic rings. The van der Waals surface area contributed by atoms with Crippen molar-refractivity contribution >= 4 is 151 Å². The van der Waals surface area contributed by atoms with E-state index in [1.807, 2.05) is 130 Å². The number of aromatic nitrogens is 6. The number of rotatable bonds is 15. The Labute approximate surface area is 489 Å². The van der Waals surface area contributed by atoms with Gasteiger partial charge in [0.15, 0.2) is 0 Å². The highest BCUT2D eigenvalue weighted by Crippen LogP contribution is 2.56. The zero-order valence-corrected chi connectivity index (χ0v) is 50.1. The van der Waals surface area contributed by atoms with E-state index in [2.05, 4.69) is 9.13 Å². The maximum Gasteiger partial charge on any atom is 0.261 e. The average molecular weight is 1140 g/mol. The molecule has 0 amide bonds. The molecule has 14 heteroatoms. The predicted molar refractivity (Wildman–Crippen MR) is 354 cm³/mol. The van der Waals surface area contributed by atoms with Crippen molar-refractivity contribution in [1.29, 1.82) is 0 Å². The first kappa shape index (κ1) is 52.5. The lowest BCUT2D eigenvalue weighted by atomic mass is 9.79. The second-order valence-corrected chi connectivity index (χ2v) is 24.6. The molecule has 0 bridgehead atoms. The molecule has 0 spiro atoms. The fourth-order valence-electron chi connectivity index (χ4n) is 17.3. The summed E-state index contributed by atoms with van der Waals surface area (Å²) in [4.78, 5) is 124. The minimum absolute atomic E-state index is 0.324. The molecule has 0 aliphatic heterocycles. The minimum atomic E-state index is -0.435. The van der Waals surface area contributed by atoms with E-state index in [4.69, 9.17) is 0 Å². The van der Waals surface area contributed by atoms with Crippen LogP contribution < -0.4 is 44.5 Å². The number of hydrogen-bond acceptors (Lipinski definition) is 8. The highest BCUT2D eigenvalue weighted by atomic mass is 16.2. The summed E-state index contributed by atoms with van der Waals surface area (Å²) in [5, 5.41) is 13.9. The third-order valence-corrected chi connectivity index (χ3v) is 21.2. The van der Waals surface area contributed by atoms with Crippen molar-refractivity contribution in [2.24, 2.45) is 0 Å². The molecule has 86 heavy (non-hydrogen) atoms. The lowest BCUT2D eigenvalue weighted by Crippen LogP contribution is -2.36. The average Bonchev–Trinajstić information content (AvgIpc) is 1.33. The van der Waals surface area contributed by atoms with Crippen LogP contribution in [0.15, 0.2) is 99.0 Å². The molecule has 0 unspecified atom stereocenters. The summed E-state index contributed by atoms with van der Waals surface area (Å²) < 4.78 is 10.0. The largest absolute Gasteiger partial charge is 0.341 e. The fourth-order valence-corrected chi connectivity index (χ4v) is 17.3. The monoisotopic (exact) mass is 1140 g/mol. The molecule has 10 aromatic carbocycles. The van der Waals surface area contributed by atoms with Crippen molar-refractivity contribution in [3.63, 3.8) is 0 Å². The van der Waals surface area contributed by atoms with Crippen LogP contribution in [0.2, 0.25) is 0 Å². The van der Waals surface area contributed by atoms with E-state index in [9.17, 15) is 0 Å². The Morgan fingerprint density at radius 2 is 0.465 bits per heavy atom. The lowest BCUT2D eigenvalue weighted by molar-refractivity contribution is 0.451. The van der Waals surface area contributed by atoms with Gasteiger partial charge >= 0.3 is 0 Å². The molecular weight excluding hydrogens is 1080 g/mol. The molecule has 0 atom stereocenters. The van der Waals surface area contributed by atoms with Gasteiger partial charge in [-0.1, -0.05) is 67.5 Å². The van der Waals surface area contributed by atoms with E-state index in [0.29, 0.717) is 183 Å². The standard InChI is InChI=1S/C72H64N6O8/c1-11-31(12-2)75-65(79)37-23-21-35-51-39(25-41-55-45(71(85)77(67(41)81)33(15-5)16-6)29-49-61(63(51)55)59-47(73(49)19-9)27-43(69(75)83)53(37)57(35)59)40-26-42-56-46(72(86)78(68(42)82)34(17-7)18-8)30-50-62-60-48(74(50)20-10)28-44-54-38(24-22-36(58(54)60)52(40)64(56)62)66(80)76(70(44)84)32(13-3)14-4/h21-34H,11-20H2,1-10H3. The van der Waals surface area contributed by atoms with Crippen LogP contribution in [0, 0.1) is 0 Å². The predicted octanol–water partition coefficient (Wildman–Crippen LogP) is 14.2. The molecule has 430 valence electrons. The van der Waals surface area contributed by atoms with Crippen molar-refractivity contribution < 1.29 is 0 Å². The summed E-state index contributed by atoms with van der Waals surface area (Å²) in [7, 11) is 0. The van der Waals surface area contributed by atoms with Crippen LogP contribution in [0.1, 0.15) is 145 Å². The summed E-state index contributed by atoms with van der Waals surface area (Å²) in [5.41, 5.74) is 1.06.